The quantitative estimate of drug-likeness (QED) is 0.167. The second-order valence-electron chi connectivity index (χ2n) is 15.6. The third kappa shape index (κ3) is 4.84. The topological polar surface area (TPSA) is 34.6 Å². The van der Waals surface area contributed by atoms with Crippen LogP contribution in [0.4, 0.5) is 0 Å². The number of benzene rings is 9. The highest BCUT2D eigenvalue weighted by molar-refractivity contribution is 7.25. The molecule has 4 heterocycles. The van der Waals surface area contributed by atoms with Crippen molar-refractivity contribution < 1.29 is 4.42 Å². The van der Waals surface area contributed by atoms with Crippen LogP contribution < -0.4 is 5.43 Å². The predicted octanol–water partition coefficient (Wildman–Crippen LogP) is 15.1. The maximum atomic E-state index is 13.2. The first kappa shape index (κ1) is 32.5. The molecule has 4 heteroatoms. The Kier molecular flexibility index (Phi) is 6.75. The maximum absolute atomic E-state index is 13.2. The van der Waals surface area contributed by atoms with E-state index in [9.17, 15) is 4.79 Å². The van der Waals surface area contributed by atoms with E-state index in [1.807, 2.05) is 53.8 Å². The molecule has 0 spiro atoms. The van der Waals surface area contributed by atoms with E-state index in [2.05, 4.69) is 150 Å². The van der Waals surface area contributed by atoms with Crippen LogP contribution in [-0.4, -0.2) is 4.40 Å². The number of fused-ring (bicyclic) bond motifs is 11. The minimum absolute atomic E-state index is 0.00229. The van der Waals surface area contributed by atoms with Crippen molar-refractivity contribution in [3.63, 3.8) is 0 Å². The van der Waals surface area contributed by atoms with Crippen LogP contribution in [0.15, 0.2) is 197 Å². The van der Waals surface area contributed by atoms with Crippen LogP contribution >= 0.6 is 11.3 Å². The molecule has 0 aliphatic carbocycles. The number of aromatic nitrogens is 1. The molecule has 0 atom stereocenters. The molecule has 0 saturated heterocycles. The number of para-hydroxylation sites is 3. The first-order valence-electron chi connectivity index (χ1n) is 19.9. The second-order valence-corrected chi connectivity index (χ2v) is 16.7. The second kappa shape index (κ2) is 12.2. The molecule has 0 radical (unpaired) electrons. The van der Waals surface area contributed by atoms with Gasteiger partial charge in [-0.1, -0.05) is 121 Å². The summed E-state index contributed by atoms with van der Waals surface area (Å²) in [5, 5.41) is 8.93. The fraction of sp³-hybridized carbons (Fsp3) is 0. The Hall–Kier alpha value is -7.53. The van der Waals surface area contributed by atoms with Gasteiger partial charge in [0.1, 0.15) is 11.2 Å². The Balaban J connectivity index is 0.845. The normalized spacial score (nSPS) is 12.1. The molecule has 3 nitrogen and oxygen atoms in total. The summed E-state index contributed by atoms with van der Waals surface area (Å²) in [6, 6.07) is 67.0. The van der Waals surface area contributed by atoms with Gasteiger partial charge in [0.2, 0.25) is 5.43 Å². The minimum atomic E-state index is -0.00229. The minimum Gasteiger partial charge on any atom is -0.456 e. The lowest BCUT2D eigenvalue weighted by atomic mass is 9.96. The molecule has 0 fully saturated rings. The van der Waals surface area contributed by atoms with Crippen molar-refractivity contribution in [1.29, 1.82) is 0 Å². The predicted molar refractivity (Wildman–Crippen MR) is 249 cm³/mol. The Morgan fingerprint density at radius 3 is 1.56 bits per heavy atom. The lowest BCUT2D eigenvalue weighted by Crippen LogP contribution is -2.01. The molecule has 0 saturated carbocycles. The van der Waals surface area contributed by atoms with E-state index >= 15 is 0 Å². The van der Waals surface area contributed by atoms with Crippen molar-refractivity contribution in [3.8, 4) is 44.5 Å². The Morgan fingerprint density at radius 1 is 0.339 bits per heavy atom. The highest BCUT2D eigenvalue weighted by Gasteiger charge is 2.18. The average molecular weight is 770 g/mol. The number of hydrogen-bond acceptors (Lipinski definition) is 3. The first-order chi connectivity index (χ1) is 29.1. The summed E-state index contributed by atoms with van der Waals surface area (Å²) in [6.07, 6.45) is 0. The van der Waals surface area contributed by atoms with Gasteiger partial charge in [0.05, 0.1) is 27.3 Å². The SMILES string of the molecule is O=c1c2ccccc2oc2cc(-c3cccc(-c4ccc5sc6ccc(-c7ccc(-c8ccc9c%10cccc%11c%12ccccc%12n(c9c8)c%11%10)cc7)cc6c5c4)c3)ccc12. The summed E-state index contributed by atoms with van der Waals surface area (Å²) in [7, 11) is 0. The number of hydrogen-bond donors (Lipinski definition) is 0. The van der Waals surface area contributed by atoms with E-state index in [4.69, 9.17) is 4.42 Å². The summed E-state index contributed by atoms with van der Waals surface area (Å²) < 4.78 is 11.2. The van der Waals surface area contributed by atoms with Crippen molar-refractivity contribution in [2.75, 3.05) is 0 Å². The van der Waals surface area contributed by atoms with Crippen LogP contribution in [0, 0.1) is 0 Å². The van der Waals surface area contributed by atoms with Crippen molar-refractivity contribution in [3.05, 3.63) is 198 Å². The summed E-state index contributed by atoms with van der Waals surface area (Å²) in [5.41, 5.74) is 14.2. The number of nitrogens with zero attached hydrogens (tertiary/aromatic N) is 1. The first-order valence-corrected chi connectivity index (χ1v) is 20.8. The largest absolute Gasteiger partial charge is 0.456 e. The molecule has 13 aromatic rings. The monoisotopic (exact) mass is 769 g/mol. The van der Waals surface area contributed by atoms with Crippen LogP contribution in [0.5, 0.6) is 0 Å². The van der Waals surface area contributed by atoms with E-state index in [1.54, 1.807) is 0 Å². The van der Waals surface area contributed by atoms with Gasteiger partial charge in [-0.3, -0.25) is 4.79 Å². The van der Waals surface area contributed by atoms with Crippen LogP contribution in [0.1, 0.15) is 0 Å². The van der Waals surface area contributed by atoms with Crippen molar-refractivity contribution in [2.45, 2.75) is 0 Å². The fourth-order valence-electron chi connectivity index (χ4n) is 9.46. The summed E-state index contributed by atoms with van der Waals surface area (Å²) in [5.74, 6) is 0. The Bertz CT molecular complexity index is 3920. The van der Waals surface area contributed by atoms with Gasteiger partial charge in [0.25, 0.3) is 0 Å². The molecule has 0 amide bonds. The van der Waals surface area contributed by atoms with Crippen molar-refractivity contribution >= 4 is 91.5 Å². The van der Waals surface area contributed by atoms with Crippen molar-refractivity contribution in [2.24, 2.45) is 0 Å². The zero-order valence-electron chi connectivity index (χ0n) is 31.6. The zero-order valence-corrected chi connectivity index (χ0v) is 32.4. The van der Waals surface area contributed by atoms with Crippen LogP contribution in [0.2, 0.25) is 0 Å². The highest BCUT2D eigenvalue weighted by atomic mass is 32.1. The molecule has 0 aliphatic heterocycles. The van der Waals surface area contributed by atoms with Crippen molar-refractivity contribution in [1.82, 2.24) is 4.40 Å². The molecule has 4 aromatic heterocycles. The summed E-state index contributed by atoms with van der Waals surface area (Å²) in [4.78, 5) is 13.2. The Morgan fingerprint density at radius 2 is 0.831 bits per heavy atom. The molecule has 0 N–H and O–H groups in total. The van der Waals surface area contributed by atoms with E-state index in [0.717, 1.165) is 16.7 Å². The lowest BCUT2D eigenvalue weighted by Gasteiger charge is -2.08. The van der Waals surface area contributed by atoms with Gasteiger partial charge in [-0.05, 0) is 111 Å². The van der Waals surface area contributed by atoms with Gasteiger partial charge in [0, 0.05) is 41.7 Å². The molecule has 274 valence electrons. The standard InChI is InChI=1S/C55H31NO2S/c57-55-44-10-2-4-14-50(44)58-51-31-39(20-24-45(51)55)35-8-5-7-34(27-35)37-22-26-53-47(29-37)46-28-36(21-25-52(46)59-53)32-15-17-33(18-16-32)38-19-23-41-43-12-6-11-42-40-9-1-3-13-48(40)56(54(42)43)49(41)30-38/h1-31H. The maximum Gasteiger partial charge on any atom is 0.200 e. The van der Waals surface area contributed by atoms with E-state index < -0.39 is 0 Å². The van der Waals surface area contributed by atoms with E-state index in [-0.39, 0.29) is 5.43 Å². The smallest absolute Gasteiger partial charge is 0.200 e. The fourth-order valence-corrected chi connectivity index (χ4v) is 10.5. The van der Waals surface area contributed by atoms with Crippen LogP contribution in [0.3, 0.4) is 0 Å². The zero-order chi connectivity index (χ0) is 38.8. The Labute approximate surface area is 341 Å². The average Bonchev–Trinajstić information content (AvgIpc) is 3.95. The van der Waals surface area contributed by atoms with Crippen LogP contribution in [0.25, 0.3) is 125 Å². The third-order valence-corrected chi connectivity index (χ3v) is 13.5. The van der Waals surface area contributed by atoms with Gasteiger partial charge in [-0.15, -0.1) is 11.3 Å². The molecular weight excluding hydrogens is 739 g/mol. The van der Waals surface area contributed by atoms with Gasteiger partial charge in [0.15, 0.2) is 0 Å². The molecule has 59 heavy (non-hydrogen) atoms. The van der Waals surface area contributed by atoms with Gasteiger partial charge in [-0.2, -0.15) is 0 Å². The molecule has 0 aliphatic rings. The lowest BCUT2D eigenvalue weighted by molar-refractivity contribution is 0.660. The third-order valence-electron chi connectivity index (χ3n) is 12.4. The van der Waals surface area contributed by atoms with E-state index in [0.29, 0.717) is 21.9 Å². The molecule has 0 bridgehead atoms. The van der Waals surface area contributed by atoms with Gasteiger partial charge < -0.3 is 8.82 Å². The number of rotatable bonds is 4. The molecule has 0 unspecified atom stereocenters. The molecule has 13 rings (SSSR count). The van der Waals surface area contributed by atoms with E-state index in [1.165, 1.54) is 86.1 Å². The highest BCUT2D eigenvalue weighted by Crippen LogP contribution is 2.42. The summed E-state index contributed by atoms with van der Waals surface area (Å²) in [6.45, 7) is 0. The number of thiophene rings is 1. The molecular formula is C55H31NO2S. The molecule has 9 aromatic carbocycles. The van der Waals surface area contributed by atoms with Gasteiger partial charge >= 0.3 is 0 Å². The van der Waals surface area contributed by atoms with Crippen LogP contribution in [-0.2, 0) is 0 Å². The van der Waals surface area contributed by atoms with Gasteiger partial charge in [-0.25, -0.2) is 0 Å². The summed E-state index contributed by atoms with van der Waals surface area (Å²) >= 11 is 1.84.